The lowest BCUT2D eigenvalue weighted by Gasteiger charge is -2.09. The van der Waals surface area contributed by atoms with E-state index in [0.717, 1.165) is 21.7 Å². The summed E-state index contributed by atoms with van der Waals surface area (Å²) < 4.78 is 0. The second kappa shape index (κ2) is 5.29. The number of thiazole rings is 1. The van der Waals surface area contributed by atoms with Gasteiger partial charge in [0.05, 0.1) is 22.5 Å². The standard InChI is InChI=1S/C13H14N2O2S/c1-8-13(18-7-15-8)10-4-2-9(3-5-10)11(14)6-12(16)17/h2-5,7,11H,6,14H2,1H3,(H,16,17). The minimum Gasteiger partial charge on any atom is -0.481 e. The number of aromatic nitrogens is 1. The van der Waals surface area contributed by atoms with E-state index in [1.165, 1.54) is 0 Å². The van der Waals surface area contributed by atoms with Crippen molar-refractivity contribution in [1.82, 2.24) is 4.98 Å². The molecule has 0 amide bonds. The topological polar surface area (TPSA) is 76.2 Å². The van der Waals surface area contributed by atoms with Gasteiger partial charge in [0.1, 0.15) is 0 Å². The number of carbonyl (C=O) groups is 1. The van der Waals surface area contributed by atoms with E-state index >= 15 is 0 Å². The van der Waals surface area contributed by atoms with Gasteiger partial charge in [-0.25, -0.2) is 4.98 Å². The van der Waals surface area contributed by atoms with Gasteiger partial charge in [0, 0.05) is 6.04 Å². The number of nitrogens with two attached hydrogens (primary N) is 1. The zero-order chi connectivity index (χ0) is 13.1. The van der Waals surface area contributed by atoms with Gasteiger partial charge in [0.25, 0.3) is 0 Å². The van der Waals surface area contributed by atoms with Crippen molar-refractivity contribution in [3.05, 3.63) is 41.0 Å². The van der Waals surface area contributed by atoms with Crippen molar-refractivity contribution in [1.29, 1.82) is 0 Å². The van der Waals surface area contributed by atoms with Crippen LogP contribution in [0.15, 0.2) is 29.8 Å². The predicted molar refractivity (Wildman–Crippen MR) is 71.5 cm³/mol. The van der Waals surface area contributed by atoms with Gasteiger partial charge in [-0.05, 0) is 18.1 Å². The molecule has 5 heteroatoms. The van der Waals surface area contributed by atoms with Crippen molar-refractivity contribution in [3.8, 4) is 10.4 Å². The van der Waals surface area contributed by atoms with Gasteiger partial charge in [0.2, 0.25) is 0 Å². The molecule has 0 bridgehead atoms. The van der Waals surface area contributed by atoms with Crippen LogP contribution in [-0.4, -0.2) is 16.1 Å². The maximum atomic E-state index is 10.6. The van der Waals surface area contributed by atoms with Gasteiger partial charge in [-0.2, -0.15) is 0 Å². The monoisotopic (exact) mass is 262 g/mol. The number of aliphatic carboxylic acids is 1. The Morgan fingerprint density at radius 2 is 2.11 bits per heavy atom. The number of benzene rings is 1. The Morgan fingerprint density at radius 1 is 1.44 bits per heavy atom. The predicted octanol–water partition coefficient (Wildman–Crippen LogP) is 2.59. The maximum Gasteiger partial charge on any atom is 0.305 e. The zero-order valence-electron chi connectivity index (χ0n) is 9.96. The van der Waals surface area contributed by atoms with Crippen LogP contribution in [0.1, 0.15) is 23.7 Å². The van der Waals surface area contributed by atoms with Gasteiger partial charge in [0.15, 0.2) is 0 Å². The Labute approximate surface area is 109 Å². The van der Waals surface area contributed by atoms with Crippen LogP contribution in [0.25, 0.3) is 10.4 Å². The van der Waals surface area contributed by atoms with Crippen LogP contribution < -0.4 is 5.73 Å². The lowest BCUT2D eigenvalue weighted by molar-refractivity contribution is -0.137. The summed E-state index contributed by atoms with van der Waals surface area (Å²) in [6.07, 6.45) is -0.0566. The number of carboxylic acid groups (broad SMARTS) is 1. The van der Waals surface area contributed by atoms with Crippen molar-refractivity contribution >= 4 is 17.3 Å². The number of carboxylic acids is 1. The Kier molecular flexibility index (Phi) is 3.74. The first-order valence-corrected chi connectivity index (χ1v) is 6.43. The van der Waals surface area contributed by atoms with Gasteiger partial charge in [-0.3, -0.25) is 4.79 Å². The summed E-state index contributed by atoms with van der Waals surface area (Å²) in [5.41, 5.74) is 10.5. The van der Waals surface area contributed by atoms with Crippen LogP contribution in [0.2, 0.25) is 0 Å². The Hall–Kier alpha value is -1.72. The smallest absolute Gasteiger partial charge is 0.305 e. The molecule has 94 valence electrons. The third-order valence-corrected chi connectivity index (χ3v) is 3.72. The lowest BCUT2D eigenvalue weighted by atomic mass is 10.0. The Balaban J connectivity index is 2.20. The Morgan fingerprint density at radius 3 is 2.61 bits per heavy atom. The van der Waals surface area contributed by atoms with Crippen molar-refractivity contribution in [2.45, 2.75) is 19.4 Å². The second-order valence-corrected chi connectivity index (χ2v) is 4.95. The van der Waals surface area contributed by atoms with E-state index in [4.69, 9.17) is 10.8 Å². The average molecular weight is 262 g/mol. The average Bonchev–Trinajstić information content (AvgIpc) is 2.75. The number of hydrogen-bond donors (Lipinski definition) is 2. The van der Waals surface area contributed by atoms with Crippen molar-refractivity contribution < 1.29 is 9.90 Å². The molecule has 2 rings (SSSR count). The van der Waals surface area contributed by atoms with E-state index in [1.54, 1.807) is 11.3 Å². The molecule has 0 aliphatic rings. The lowest BCUT2D eigenvalue weighted by Crippen LogP contribution is -2.14. The molecular formula is C13H14N2O2S. The first-order valence-electron chi connectivity index (χ1n) is 5.55. The van der Waals surface area contributed by atoms with E-state index in [2.05, 4.69) is 4.98 Å². The van der Waals surface area contributed by atoms with Crippen LogP contribution in [0.3, 0.4) is 0 Å². The fourth-order valence-electron chi connectivity index (χ4n) is 1.77. The molecular weight excluding hydrogens is 248 g/mol. The van der Waals surface area contributed by atoms with E-state index in [1.807, 2.05) is 36.7 Å². The molecule has 18 heavy (non-hydrogen) atoms. The molecule has 4 nitrogen and oxygen atoms in total. The number of hydrogen-bond acceptors (Lipinski definition) is 4. The van der Waals surface area contributed by atoms with Crippen molar-refractivity contribution in [2.75, 3.05) is 0 Å². The fourth-order valence-corrected chi connectivity index (χ4v) is 2.58. The number of rotatable bonds is 4. The molecule has 0 fully saturated rings. The first kappa shape index (κ1) is 12.7. The summed E-state index contributed by atoms with van der Waals surface area (Å²) in [4.78, 5) is 15.9. The third-order valence-electron chi connectivity index (χ3n) is 2.74. The van der Waals surface area contributed by atoms with E-state index in [0.29, 0.717) is 0 Å². The summed E-state index contributed by atoms with van der Waals surface area (Å²) in [7, 11) is 0. The van der Waals surface area contributed by atoms with Crippen LogP contribution >= 0.6 is 11.3 Å². The van der Waals surface area contributed by atoms with Gasteiger partial charge >= 0.3 is 5.97 Å². The molecule has 1 aromatic carbocycles. The molecule has 0 spiro atoms. The quantitative estimate of drug-likeness (QED) is 0.888. The molecule has 1 aromatic heterocycles. The zero-order valence-corrected chi connectivity index (χ0v) is 10.8. The van der Waals surface area contributed by atoms with Gasteiger partial charge in [-0.1, -0.05) is 24.3 Å². The Bertz CT molecular complexity index is 548. The van der Waals surface area contributed by atoms with Crippen LogP contribution in [0.4, 0.5) is 0 Å². The van der Waals surface area contributed by atoms with Crippen molar-refractivity contribution in [3.63, 3.8) is 0 Å². The molecule has 3 N–H and O–H groups in total. The summed E-state index contributed by atoms with van der Waals surface area (Å²) in [5.74, 6) is -0.884. The molecule has 1 unspecified atom stereocenters. The van der Waals surface area contributed by atoms with E-state index in [-0.39, 0.29) is 6.42 Å². The number of aryl methyl sites for hydroxylation is 1. The summed E-state index contributed by atoms with van der Waals surface area (Å²) in [6.45, 7) is 1.97. The van der Waals surface area contributed by atoms with Gasteiger partial charge in [-0.15, -0.1) is 11.3 Å². The summed E-state index contributed by atoms with van der Waals surface area (Å²) in [5, 5.41) is 8.70. The highest BCUT2D eigenvalue weighted by Crippen LogP contribution is 2.28. The second-order valence-electron chi connectivity index (χ2n) is 4.09. The van der Waals surface area contributed by atoms with Crippen LogP contribution in [0, 0.1) is 6.92 Å². The highest BCUT2D eigenvalue weighted by atomic mass is 32.1. The van der Waals surface area contributed by atoms with Crippen LogP contribution in [-0.2, 0) is 4.79 Å². The first-order chi connectivity index (χ1) is 8.58. The van der Waals surface area contributed by atoms with Crippen molar-refractivity contribution in [2.24, 2.45) is 5.73 Å². The fraction of sp³-hybridized carbons (Fsp3) is 0.231. The SMILES string of the molecule is Cc1ncsc1-c1ccc(C(N)CC(=O)O)cc1. The highest BCUT2D eigenvalue weighted by Gasteiger charge is 2.11. The molecule has 0 radical (unpaired) electrons. The molecule has 0 aliphatic carbocycles. The molecule has 0 saturated carbocycles. The summed E-state index contributed by atoms with van der Waals surface area (Å²) in [6, 6.07) is 7.21. The largest absolute Gasteiger partial charge is 0.481 e. The highest BCUT2D eigenvalue weighted by molar-refractivity contribution is 7.13. The minimum atomic E-state index is -0.884. The molecule has 1 atom stereocenters. The minimum absolute atomic E-state index is 0.0566. The molecule has 0 saturated heterocycles. The molecule has 0 aliphatic heterocycles. The van der Waals surface area contributed by atoms with E-state index in [9.17, 15) is 4.79 Å². The third kappa shape index (κ3) is 2.75. The van der Waals surface area contributed by atoms with Crippen LogP contribution in [0.5, 0.6) is 0 Å². The normalized spacial score (nSPS) is 12.3. The van der Waals surface area contributed by atoms with Gasteiger partial charge < -0.3 is 10.8 Å². The summed E-state index contributed by atoms with van der Waals surface area (Å²) >= 11 is 1.59. The van der Waals surface area contributed by atoms with E-state index < -0.39 is 12.0 Å². The molecule has 1 heterocycles. The maximum absolute atomic E-state index is 10.6. The molecule has 2 aromatic rings. The number of nitrogens with zero attached hydrogens (tertiary/aromatic N) is 1.